The molecule has 0 bridgehead atoms. The van der Waals surface area contributed by atoms with Crippen molar-refractivity contribution in [3.05, 3.63) is 0 Å². The highest BCUT2D eigenvalue weighted by Crippen LogP contribution is 2.49. The molecule has 1 saturated heterocycles. The SMILES string of the molecule is CC1(C2CC2)CN(C(C2CC2)C2CC2)CCN1. The first-order chi connectivity index (χ1) is 8.26. The summed E-state index contributed by atoms with van der Waals surface area (Å²) in [6, 6.07) is 0.968. The van der Waals surface area contributed by atoms with Gasteiger partial charge in [0.05, 0.1) is 0 Å². The van der Waals surface area contributed by atoms with Crippen LogP contribution in [0.5, 0.6) is 0 Å². The van der Waals surface area contributed by atoms with Crippen LogP contribution in [0.15, 0.2) is 0 Å². The first-order valence-corrected chi connectivity index (χ1v) is 7.75. The van der Waals surface area contributed by atoms with Gasteiger partial charge in [0, 0.05) is 31.2 Å². The fourth-order valence-corrected chi connectivity index (χ4v) is 4.15. The van der Waals surface area contributed by atoms with Crippen molar-refractivity contribution < 1.29 is 0 Å². The summed E-state index contributed by atoms with van der Waals surface area (Å²) in [4.78, 5) is 2.88. The zero-order valence-corrected chi connectivity index (χ0v) is 11.1. The number of nitrogens with one attached hydrogen (secondary N) is 1. The Morgan fingerprint density at radius 1 is 1.06 bits per heavy atom. The molecule has 1 aliphatic heterocycles. The summed E-state index contributed by atoms with van der Waals surface area (Å²) < 4.78 is 0. The van der Waals surface area contributed by atoms with Gasteiger partial charge in [0.15, 0.2) is 0 Å². The van der Waals surface area contributed by atoms with Gasteiger partial charge in [-0.15, -0.1) is 0 Å². The summed E-state index contributed by atoms with van der Waals surface area (Å²) in [5, 5.41) is 3.82. The van der Waals surface area contributed by atoms with Gasteiger partial charge in [-0.3, -0.25) is 4.90 Å². The van der Waals surface area contributed by atoms with Gasteiger partial charge >= 0.3 is 0 Å². The molecule has 0 aromatic carbocycles. The van der Waals surface area contributed by atoms with Gasteiger partial charge in [0.1, 0.15) is 0 Å². The molecule has 3 saturated carbocycles. The van der Waals surface area contributed by atoms with Gasteiger partial charge in [-0.2, -0.15) is 0 Å². The van der Waals surface area contributed by atoms with Crippen LogP contribution in [0.3, 0.4) is 0 Å². The van der Waals surface area contributed by atoms with Crippen LogP contribution in [-0.4, -0.2) is 36.1 Å². The minimum atomic E-state index is 0.445. The molecule has 2 nitrogen and oxygen atoms in total. The molecule has 1 N–H and O–H groups in total. The van der Waals surface area contributed by atoms with E-state index >= 15 is 0 Å². The molecule has 4 fully saturated rings. The summed E-state index contributed by atoms with van der Waals surface area (Å²) in [7, 11) is 0. The van der Waals surface area contributed by atoms with Crippen LogP contribution < -0.4 is 5.32 Å². The van der Waals surface area contributed by atoms with E-state index in [9.17, 15) is 0 Å². The molecule has 0 aromatic heterocycles. The van der Waals surface area contributed by atoms with E-state index in [0.29, 0.717) is 5.54 Å². The largest absolute Gasteiger partial charge is 0.309 e. The lowest BCUT2D eigenvalue weighted by Crippen LogP contribution is -2.62. The van der Waals surface area contributed by atoms with E-state index in [0.717, 1.165) is 23.8 Å². The van der Waals surface area contributed by atoms with Crippen LogP contribution in [0.25, 0.3) is 0 Å². The monoisotopic (exact) mass is 234 g/mol. The lowest BCUT2D eigenvalue weighted by molar-refractivity contribution is 0.0685. The first-order valence-electron chi connectivity index (χ1n) is 7.75. The predicted molar refractivity (Wildman–Crippen MR) is 69.9 cm³/mol. The van der Waals surface area contributed by atoms with Crippen LogP contribution in [0.2, 0.25) is 0 Å². The molecule has 4 aliphatic rings. The van der Waals surface area contributed by atoms with Gasteiger partial charge in [0.2, 0.25) is 0 Å². The van der Waals surface area contributed by atoms with Crippen molar-refractivity contribution in [1.82, 2.24) is 10.2 Å². The highest BCUT2D eigenvalue weighted by atomic mass is 15.3. The fourth-order valence-electron chi connectivity index (χ4n) is 4.15. The van der Waals surface area contributed by atoms with E-state index < -0.39 is 0 Å². The number of rotatable bonds is 4. The molecule has 0 amide bonds. The molecule has 0 radical (unpaired) electrons. The fraction of sp³-hybridized carbons (Fsp3) is 1.00. The number of piperazine rings is 1. The van der Waals surface area contributed by atoms with Crippen molar-refractivity contribution in [2.75, 3.05) is 19.6 Å². The molecule has 0 spiro atoms. The summed E-state index contributed by atoms with van der Waals surface area (Å²) in [5.41, 5.74) is 0.445. The Bertz CT molecular complexity index is 292. The van der Waals surface area contributed by atoms with E-state index in [4.69, 9.17) is 0 Å². The van der Waals surface area contributed by atoms with Crippen LogP contribution in [-0.2, 0) is 0 Å². The van der Waals surface area contributed by atoms with E-state index in [2.05, 4.69) is 17.1 Å². The van der Waals surface area contributed by atoms with Crippen molar-refractivity contribution in [2.45, 2.75) is 57.0 Å². The minimum Gasteiger partial charge on any atom is -0.309 e. The maximum Gasteiger partial charge on any atom is 0.0309 e. The Hall–Kier alpha value is -0.0800. The Morgan fingerprint density at radius 2 is 1.71 bits per heavy atom. The van der Waals surface area contributed by atoms with Gasteiger partial charge in [0.25, 0.3) is 0 Å². The third-order valence-electron chi connectivity index (χ3n) is 5.57. The van der Waals surface area contributed by atoms with E-state index in [1.54, 1.807) is 0 Å². The summed E-state index contributed by atoms with van der Waals surface area (Å²) in [6.07, 6.45) is 9.01. The second kappa shape index (κ2) is 3.71. The third kappa shape index (κ3) is 2.04. The second-order valence-electron chi connectivity index (χ2n) is 7.25. The summed E-state index contributed by atoms with van der Waals surface area (Å²) in [6.45, 7) is 6.34. The van der Waals surface area contributed by atoms with Crippen LogP contribution in [0.4, 0.5) is 0 Å². The van der Waals surface area contributed by atoms with Gasteiger partial charge in [-0.05, 0) is 63.2 Å². The van der Waals surface area contributed by atoms with Crippen molar-refractivity contribution in [2.24, 2.45) is 17.8 Å². The van der Waals surface area contributed by atoms with Crippen LogP contribution in [0.1, 0.15) is 45.4 Å². The average molecular weight is 234 g/mol. The van der Waals surface area contributed by atoms with Crippen molar-refractivity contribution in [3.63, 3.8) is 0 Å². The highest BCUT2D eigenvalue weighted by Gasteiger charge is 2.49. The summed E-state index contributed by atoms with van der Waals surface area (Å²) >= 11 is 0. The molecule has 2 heteroatoms. The Labute approximate surface area is 105 Å². The minimum absolute atomic E-state index is 0.445. The Kier molecular flexibility index (Phi) is 2.36. The molecule has 3 aliphatic carbocycles. The van der Waals surface area contributed by atoms with Gasteiger partial charge in [-0.25, -0.2) is 0 Å². The lowest BCUT2D eigenvalue weighted by Gasteiger charge is -2.45. The standard InChI is InChI=1S/C15H26N2/c1-15(13-6-7-13)10-17(9-8-16-15)14(11-2-3-11)12-4-5-12/h11-14,16H,2-10H2,1H3. The second-order valence-corrected chi connectivity index (χ2v) is 7.25. The predicted octanol–water partition coefficient (Wildman–Crippen LogP) is 2.25. The van der Waals surface area contributed by atoms with E-state index in [1.165, 1.54) is 58.2 Å². The van der Waals surface area contributed by atoms with Crippen LogP contribution >= 0.6 is 0 Å². The lowest BCUT2D eigenvalue weighted by atomic mass is 9.90. The molecule has 0 aromatic rings. The number of nitrogens with zero attached hydrogens (tertiary/aromatic N) is 1. The van der Waals surface area contributed by atoms with E-state index in [-0.39, 0.29) is 0 Å². The molecule has 1 heterocycles. The molecular weight excluding hydrogens is 208 g/mol. The Balaban J connectivity index is 1.48. The topological polar surface area (TPSA) is 15.3 Å². The number of hydrogen-bond acceptors (Lipinski definition) is 2. The maximum atomic E-state index is 3.82. The summed E-state index contributed by atoms with van der Waals surface area (Å²) in [5.74, 6) is 3.12. The smallest absolute Gasteiger partial charge is 0.0309 e. The average Bonchev–Trinajstić information content (AvgIpc) is 3.13. The third-order valence-corrected chi connectivity index (χ3v) is 5.57. The molecule has 96 valence electrons. The molecule has 1 atom stereocenters. The molecule has 17 heavy (non-hydrogen) atoms. The molecule has 1 unspecified atom stereocenters. The Morgan fingerprint density at radius 3 is 2.24 bits per heavy atom. The zero-order chi connectivity index (χ0) is 11.5. The number of hydrogen-bond donors (Lipinski definition) is 1. The van der Waals surface area contributed by atoms with Gasteiger partial charge < -0.3 is 5.32 Å². The maximum absolute atomic E-state index is 3.82. The van der Waals surface area contributed by atoms with Crippen molar-refractivity contribution in [1.29, 1.82) is 0 Å². The van der Waals surface area contributed by atoms with Crippen molar-refractivity contribution >= 4 is 0 Å². The first kappa shape index (κ1) is 10.8. The molecular formula is C15H26N2. The highest BCUT2D eigenvalue weighted by molar-refractivity contribution is 5.06. The van der Waals surface area contributed by atoms with Gasteiger partial charge in [-0.1, -0.05) is 0 Å². The molecule has 4 rings (SSSR count). The van der Waals surface area contributed by atoms with Crippen molar-refractivity contribution in [3.8, 4) is 0 Å². The van der Waals surface area contributed by atoms with E-state index in [1.807, 2.05) is 0 Å². The quantitative estimate of drug-likeness (QED) is 0.802. The zero-order valence-electron chi connectivity index (χ0n) is 11.1. The normalized spacial score (nSPS) is 39.9. The van der Waals surface area contributed by atoms with Crippen LogP contribution in [0, 0.1) is 17.8 Å².